The number of aromatic amines is 1. The number of methoxy groups -OCH3 is 1. The summed E-state index contributed by atoms with van der Waals surface area (Å²) in [6.07, 6.45) is 0. The van der Waals surface area contributed by atoms with Crippen LogP contribution in [0.25, 0.3) is 22.6 Å². The van der Waals surface area contributed by atoms with Crippen LogP contribution in [0.4, 0.5) is 0 Å². The smallest absolute Gasteiger partial charge is 0.340 e. The van der Waals surface area contributed by atoms with Crippen molar-refractivity contribution in [2.45, 2.75) is 6.92 Å². The van der Waals surface area contributed by atoms with Gasteiger partial charge in [0.2, 0.25) is 0 Å². The van der Waals surface area contributed by atoms with Crippen LogP contribution in [0.15, 0.2) is 34.7 Å². The van der Waals surface area contributed by atoms with Crippen molar-refractivity contribution >= 4 is 17.0 Å². The lowest BCUT2D eigenvalue weighted by Gasteiger charge is -1.98. The van der Waals surface area contributed by atoms with Gasteiger partial charge in [0.25, 0.3) is 0 Å². The van der Waals surface area contributed by atoms with Gasteiger partial charge < -0.3 is 14.1 Å². The van der Waals surface area contributed by atoms with Crippen molar-refractivity contribution in [3.8, 4) is 11.6 Å². The lowest BCUT2D eigenvalue weighted by Crippen LogP contribution is -2.01. The molecule has 3 rings (SSSR count). The van der Waals surface area contributed by atoms with E-state index in [0.29, 0.717) is 22.7 Å². The summed E-state index contributed by atoms with van der Waals surface area (Å²) >= 11 is 0. The van der Waals surface area contributed by atoms with Crippen LogP contribution in [0, 0.1) is 6.92 Å². The molecule has 0 aliphatic heterocycles. The molecule has 0 radical (unpaired) electrons. The molecule has 96 valence electrons. The van der Waals surface area contributed by atoms with Crippen molar-refractivity contribution in [1.82, 2.24) is 9.97 Å². The van der Waals surface area contributed by atoms with Crippen LogP contribution >= 0.6 is 0 Å². The Bertz CT molecular complexity index is 755. The second-order valence-electron chi connectivity index (χ2n) is 4.19. The molecule has 0 bridgehead atoms. The Labute approximate surface area is 109 Å². The van der Waals surface area contributed by atoms with Crippen LogP contribution < -0.4 is 0 Å². The second-order valence-corrected chi connectivity index (χ2v) is 4.19. The van der Waals surface area contributed by atoms with Crippen molar-refractivity contribution in [3.63, 3.8) is 0 Å². The molecular formula is C14H12N2O3. The number of rotatable bonds is 2. The fourth-order valence-electron chi connectivity index (χ4n) is 1.99. The molecule has 1 aromatic carbocycles. The maximum absolute atomic E-state index is 11.7. The zero-order valence-corrected chi connectivity index (χ0v) is 10.6. The number of hydrogen-bond acceptors (Lipinski definition) is 4. The minimum absolute atomic E-state index is 0.403. The van der Waals surface area contributed by atoms with E-state index in [1.54, 1.807) is 12.1 Å². The summed E-state index contributed by atoms with van der Waals surface area (Å²) in [5.74, 6) is 1.65. The summed E-state index contributed by atoms with van der Waals surface area (Å²) in [6.45, 7) is 1.87. The predicted molar refractivity (Wildman–Crippen MR) is 69.9 cm³/mol. The van der Waals surface area contributed by atoms with Gasteiger partial charge in [0.05, 0.1) is 18.2 Å². The molecular weight excluding hydrogens is 244 g/mol. The molecule has 5 heteroatoms. The Hall–Kier alpha value is -2.56. The standard InChI is InChI=1S/C14H12N2O3/c1-8-6-7-11(19-8)13-15-10-5-3-4-9(12(10)16-13)14(17)18-2/h3-7H,1-2H3,(H,15,16). The van der Waals surface area contributed by atoms with Gasteiger partial charge in [-0.25, -0.2) is 9.78 Å². The average Bonchev–Trinajstić information content (AvgIpc) is 3.02. The molecule has 0 amide bonds. The predicted octanol–water partition coefficient (Wildman–Crippen LogP) is 2.92. The molecule has 1 N–H and O–H groups in total. The van der Waals surface area contributed by atoms with Gasteiger partial charge in [-0.2, -0.15) is 0 Å². The fourth-order valence-corrected chi connectivity index (χ4v) is 1.99. The topological polar surface area (TPSA) is 68.1 Å². The van der Waals surface area contributed by atoms with Crippen LogP contribution in [-0.4, -0.2) is 23.0 Å². The van der Waals surface area contributed by atoms with E-state index in [1.165, 1.54) is 7.11 Å². The number of hydrogen-bond donors (Lipinski definition) is 1. The van der Waals surface area contributed by atoms with Crippen molar-refractivity contribution in [3.05, 3.63) is 41.7 Å². The molecule has 0 aliphatic carbocycles. The van der Waals surface area contributed by atoms with E-state index in [2.05, 4.69) is 9.97 Å². The SMILES string of the molecule is COC(=O)c1cccc2[nH]c(-c3ccc(C)o3)nc12. The molecule has 2 aromatic heterocycles. The van der Waals surface area contributed by atoms with E-state index in [1.807, 2.05) is 25.1 Å². The Balaban J connectivity index is 2.18. The number of esters is 1. The number of benzene rings is 1. The van der Waals surface area contributed by atoms with Gasteiger partial charge in [0.15, 0.2) is 11.6 Å². The van der Waals surface area contributed by atoms with Crippen LogP contribution in [0.1, 0.15) is 16.1 Å². The van der Waals surface area contributed by atoms with Gasteiger partial charge in [0.1, 0.15) is 11.3 Å². The average molecular weight is 256 g/mol. The number of carbonyl (C=O) groups excluding carboxylic acids is 1. The number of imidazole rings is 1. The van der Waals surface area contributed by atoms with Crippen molar-refractivity contribution in [2.24, 2.45) is 0 Å². The summed E-state index contributed by atoms with van der Waals surface area (Å²) in [5.41, 5.74) is 1.79. The van der Waals surface area contributed by atoms with E-state index in [0.717, 1.165) is 11.3 Å². The number of carbonyl (C=O) groups is 1. The Morgan fingerprint density at radius 1 is 1.32 bits per heavy atom. The van der Waals surface area contributed by atoms with Crippen molar-refractivity contribution in [2.75, 3.05) is 7.11 Å². The lowest BCUT2D eigenvalue weighted by molar-refractivity contribution is 0.0603. The number of aromatic nitrogens is 2. The first kappa shape index (κ1) is 11.5. The minimum Gasteiger partial charge on any atom is -0.465 e. The van der Waals surface area contributed by atoms with Crippen LogP contribution in [-0.2, 0) is 4.74 Å². The summed E-state index contributed by atoms with van der Waals surface area (Å²) in [7, 11) is 1.35. The third-order valence-electron chi connectivity index (χ3n) is 2.89. The van der Waals surface area contributed by atoms with Gasteiger partial charge in [-0.05, 0) is 31.2 Å². The number of nitrogens with one attached hydrogen (secondary N) is 1. The zero-order valence-electron chi connectivity index (χ0n) is 10.6. The first-order chi connectivity index (χ1) is 9.19. The maximum atomic E-state index is 11.7. The summed E-state index contributed by atoms with van der Waals surface area (Å²) in [5, 5.41) is 0. The molecule has 2 heterocycles. The highest BCUT2D eigenvalue weighted by molar-refractivity contribution is 6.02. The zero-order chi connectivity index (χ0) is 13.4. The van der Waals surface area contributed by atoms with E-state index in [4.69, 9.17) is 9.15 Å². The van der Waals surface area contributed by atoms with E-state index in [-0.39, 0.29) is 0 Å². The van der Waals surface area contributed by atoms with Crippen LogP contribution in [0.3, 0.4) is 0 Å². The normalized spacial score (nSPS) is 10.8. The van der Waals surface area contributed by atoms with E-state index in [9.17, 15) is 4.79 Å². The summed E-state index contributed by atoms with van der Waals surface area (Å²) < 4.78 is 10.3. The van der Waals surface area contributed by atoms with Crippen LogP contribution in [0.2, 0.25) is 0 Å². The monoisotopic (exact) mass is 256 g/mol. The van der Waals surface area contributed by atoms with E-state index >= 15 is 0 Å². The van der Waals surface area contributed by atoms with Crippen LogP contribution in [0.5, 0.6) is 0 Å². The molecule has 0 saturated carbocycles. The first-order valence-corrected chi connectivity index (χ1v) is 5.83. The molecule has 0 fully saturated rings. The largest absolute Gasteiger partial charge is 0.465 e. The van der Waals surface area contributed by atoms with Crippen molar-refractivity contribution in [1.29, 1.82) is 0 Å². The summed E-state index contributed by atoms with van der Waals surface area (Å²) in [6, 6.07) is 9.03. The van der Waals surface area contributed by atoms with Gasteiger partial charge in [-0.3, -0.25) is 0 Å². The highest BCUT2D eigenvalue weighted by Crippen LogP contribution is 2.24. The number of aryl methyl sites for hydroxylation is 1. The van der Waals surface area contributed by atoms with Gasteiger partial charge in [-0.15, -0.1) is 0 Å². The quantitative estimate of drug-likeness (QED) is 0.716. The van der Waals surface area contributed by atoms with Gasteiger partial charge in [0, 0.05) is 0 Å². The number of para-hydroxylation sites is 1. The van der Waals surface area contributed by atoms with Gasteiger partial charge >= 0.3 is 5.97 Å². The molecule has 0 aliphatic rings. The number of furan rings is 1. The van der Waals surface area contributed by atoms with Crippen molar-refractivity contribution < 1.29 is 13.9 Å². The molecule has 19 heavy (non-hydrogen) atoms. The number of fused-ring (bicyclic) bond motifs is 1. The molecule has 0 saturated heterocycles. The Morgan fingerprint density at radius 2 is 2.16 bits per heavy atom. The lowest BCUT2D eigenvalue weighted by atomic mass is 10.2. The summed E-state index contributed by atoms with van der Waals surface area (Å²) in [4.78, 5) is 19.2. The second kappa shape index (κ2) is 4.28. The molecule has 5 nitrogen and oxygen atoms in total. The minimum atomic E-state index is -0.403. The number of ether oxygens (including phenoxy) is 1. The Kier molecular flexibility index (Phi) is 2.59. The highest BCUT2D eigenvalue weighted by Gasteiger charge is 2.15. The highest BCUT2D eigenvalue weighted by atomic mass is 16.5. The molecule has 0 spiro atoms. The fraction of sp³-hybridized carbons (Fsp3) is 0.143. The number of H-pyrrole nitrogens is 1. The molecule has 0 atom stereocenters. The number of nitrogens with zero attached hydrogens (tertiary/aromatic N) is 1. The third kappa shape index (κ3) is 1.89. The van der Waals surface area contributed by atoms with Gasteiger partial charge in [-0.1, -0.05) is 6.07 Å². The molecule has 0 unspecified atom stereocenters. The van der Waals surface area contributed by atoms with E-state index < -0.39 is 5.97 Å². The molecule has 3 aromatic rings. The third-order valence-corrected chi connectivity index (χ3v) is 2.89. The Morgan fingerprint density at radius 3 is 2.84 bits per heavy atom. The first-order valence-electron chi connectivity index (χ1n) is 5.83. The maximum Gasteiger partial charge on any atom is 0.340 e.